The molecule has 0 saturated heterocycles. The quantitative estimate of drug-likeness (QED) is 0.465. The van der Waals surface area contributed by atoms with Gasteiger partial charge in [0.25, 0.3) is 23.3 Å². The average Bonchev–Trinajstić information content (AvgIpc) is 3.12. The summed E-state index contributed by atoms with van der Waals surface area (Å²) < 4.78 is 1.22. The number of hydrogen-bond acceptors (Lipinski definition) is 6. The van der Waals surface area contributed by atoms with Crippen LogP contribution >= 0.6 is 0 Å². The lowest BCUT2D eigenvalue weighted by molar-refractivity contribution is -0.122. The van der Waals surface area contributed by atoms with Crippen LogP contribution in [0.25, 0.3) is 0 Å². The van der Waals surface area contributed by atoms with Gasteiger partial charge in [0, 0.05) is 6.54 Å². The van der Waals surface area contributed by atoms with Gasteiger partial charge in [0.1, 0.15) is 11.9 Å². The summed E-state index contributed by atoms with van der Waals surface area (Å²) in [6, 6.07) is 14.0. The van der Waals surface area contributed by atoms with E-state index in [2.05, 4.69) is 4.98 Å². The molecule has 0 saturated carbocycles. The number of nitrogen functional groups attached to an aromatic ring is 1. The minimum atomic E-state index is -1.24. The monoisotopic (exact) mass is 489 g/mol. The highest BCUT2D eigenvalue weighted by Gasteiger charge is 2.42. The minimum absolute atomic E-state index is 0.0631. The Morgan fingerprint density at radius 3 is 2.14 bits per heavy atom. The summed E-state index contributed by atoms with van der Waals surface area (Å²) in [5.41, 5.74) is 5.70. The van der Waals surface area contributed by atoms with Crippen LogP contribution in [0.15, 0.2) is 64.2 Å². The third kappa shape index (κ3) is 4.33. The lowest BCUT2D eigenvalue weighted by Gasteiger charge is -2.30. The van der Waals surface area contributed by atoms with Crippen molar-refractivity contribution in [2.45, 2.75) is 45.8 Å². The second-order valence-corrected chi connectivity index (χ2v) is 8.61. The fraction of sp³-hybridized carbons (Fsp3) is 0.269. The Kier molecular flexibility index (Phi) is 6.86. The van der Waals surface area contributed by atoms with Crippen LogP contribution in [-0.4, -0.2) is 38.2 Å². The zero-order valence-corrected chi connectivity index (χ0v) is 20.1. The molecule has 186 valence electrons. The van der Waals surface area contributed by atoms with Crippen molar-refractivity contribution in [1.82, 2.24) is 14.5 Å². The number of amides is 3. The van der Waals surface area contributed by atoms with E-state index >= 15 is 0 Å². The van der Waals surface area contributed by atoms with E-state index in [0.717, 1.165) is 16.2 Å². The van der Waals surface area contributed by atoms with E-state index in [-0.39, 0.29) is 35.7 Å². The molecular weight excluding hydrogens is 462 g/mol. The molecule has 2 heterocycles. The number of unbranched alkanes of at least 4 members (excludes halogenated alkanes) is 1. The summed E-state index contributed by atoms with van der Waals surface area (Å²) in [4.78, 5) is 69.6. The summed E-state index contributed by atoms with van der Waals surface area (Å²) in [6.07, 6.45) is 1.41. The van der Waals surface area contributed by atoms with Crippen LogP contribution in [0.2, 0.25) is 0 Å². The third-order valence-corrected chi connectivity index (χ3v) is 6.24. The lowest BCUT2D eigenvalue weighted by Crippen LogP contribution is -2.51. The van der Waals surface area contributed by atoms with Gasteiger partial charge >= 0.3 is 5.69 Å². The standard InChI is InChI=1S/C26H27N5O5/c1-3-4-14-29-21(27)20(22(32)28-26(29)36)30(15-17-10-6-5-7-11-17)23(33)16(2)31-24(34)18-12-8-9-13-19(18)25(31)35/h5-13,16H,3-4,14-15,27H2,1-2H3,(H,28,32,36). The summed E-state index contributed by atoms with van der Waals surface area (Å²) in [7, 11) is 0. The molecule has 1 atom stereocenters. The fourth-order valence-electron chi connectivity index (χ4n) is 4.31. The first kappa shape index (κ1) is 24.6. The van der Waals surface area contributed by atoms with Crippen molar-refractivity contribution in [3.05, 3.63) is 92.1 Å². The number of fused-ring (bicyclic) bond motifs is 1. The maximum Gasteiger partial charge on any atom is 0.330 e. The molecule has 1 aliphatic heterocycles. The number of carbonyl (C=O) groups excluding carboxylic acids is 3. The first-order valence-electron chi connectivity index (χ1n) is 11.7. The van der Waals surface area contributed by atoms with Gasteiger partial charge in [-0.3, -0.25) is 38.5 Å². The molecule has 0 spiro atoms. The normalized spacial score (nSPS) is 13.6. The Morgan fingerprint density at radius 1 is 0.972 bits per heavy atom. The van der Waals surface area contributed by atoms with E-state index < -0.39 is 35.0 Å². The van der Waals surface area contributed by atoms with E-state index in [1.165, 1.54) is 23.6 Å². The van der Waals surface area contributed by atoms with E-state index in [4.69, 9.17) is 5.73 Å². The van der Waals surface area contributed by atoms with Gasteiger partial charge in [-0.2, -0.15) is 0 Å². The average molecular weight is 490 g/mol. The third-order valence-electron chi connectivity index (χ3n) is 6.24. The first-order valence-corrected chi connectivity index (χ1v) is 11.7. The Bertz CT molecular complexity index is 1410. The molecule has 10 nitrogen and oxygen atoms in total. The highest BCUT2D eigenvalue weighted by molar-refractivity contribution is 6.23. The van der Waals surface area contributed by atoms with Gasteiger partial charge in [-0.25, -0.2) is 4.79 Å². The predicted octanol–water partition coefficient (Wildman–Crippen LogP) is 2.14. The Hall–Kier alpha value is -4.47. The molecule has 2 aromatic carbocycles. The second-order valence-electron chi connectivity index (χ2n) is 8.61. The smallest absolute Gasteiger partial charge is 0.330 e. The molecule has 1 aromatic heterocycles. The number of benzene rings is 2. The maximum absolute atomic E-state index is 13.9. The van der Waals surface area contributed by atoms with Gasteiger partial charge in [0.15, 0.2) is 5.69 Å². The van der Waals surface area contributed by atoms with Crippen molar-refractivity contribution in [3.8, 4) is 0 Å². The molecule has 3 amide bonds. The van der Waals surface area contributed by atoms with Crippen LogP contribution in [0.1, 0.15) is 53.0 Å². The van der Waals surface area contributed by atoms with Gasteiger partial charge in [-0.1, -0.05) is 55.8 Å². The number of rotatable bonds is 8. The lowest BCUT2D eigenvalue weighted by atomic mass is 10.1. The van der Waals surface area contributed by atoms with E-state index in [1.807, 2.05) is 13.0 Å². The zero-order chi connectivity index (χ0) is 26.0. The SMILES string of the molecule is CCCCn1c(N)c(N(Cc2ccccc2)C(=O)C(C)N2C(=O)c3ccccc3C2=O)c(=O)[nH]c1=O. The topological polar surface area (TPSA) is 139 Å². The zero-order valence-electron chi connectivity index (χ0n) is 20.1. The molecular formula is C26H27N5O5. The van der Waals surface area contributed by atoms with Crippen LogP contribution in [0.5, 0.6) is 0 Å². The highest BCUT2D eigenvalue weighted by atomic mass is 16.2. The summed E-state index contributed by atoms with van der Waals surface area (Å²) >= 11 is 0. The number of imide groups is 1. The number of aromatic amines is 1. The van der Waals surface area contributed by atoms with Crippen molar-refractivity contribution in [1.29, 1.82) is 0 Å². The fourth-order valence-corrected chi connectivity index (χ4v) is 4.31. The molecule has 0 aliphatic carbocycles. The van der Waals surface area contributed by atoms with Gasteiger partial charge in [0.2, 0.25) is 0 Å². The van der Waals surface area contributed by atoms with Crippen LogP contribution in [0.3, 0.4) is 0 Å². The van der Waals surface area contributed by atoms with Crippen molar-refractivity contribution in [3.63, 3.8) is 0 Å². The van der Waals surface area contributed by atoms with Crippen molar-refractivity contribution < 1.29 is 14.4 Å². The number of hydrogen-bond donors (Lipinski definition) is 2. The van der Waals surface area contributed by atoms with Crippen molar-refractivity contribution in [2.75, 3.05) is 10.6 Å². The number of carbonyl (C=O) groups is 3. The number of nitrogens with one attached hydrogen (secondary N) is 1. The molecule has 36 heavy (non-hydrogen) atoms. The van der Waals surface area contributed by atoms with Crippen molar-refractivity contribution in [2.24, 2.45) is 0 Å². The largest absolute Gasteiger partial charge is 0.383 e. The molecule has 0 fully saturated rings. The molecule has 3 N–H and O–H groups in total. The number of nitrogens with two attached hydrogens (primary N) is 1. The Morgan fingerprint density at radius 2 is 1.56 bits per heavy atom. The van der Waals surface area contributed by atoms with Crippen molar-refractivity contribution >= 4 is 29.2 Å². The molecule has 3 aromatic rings. The number of nitrogens with zero attached hydrogens (tertiary/aromatic N) is 3. The number of anilines is 2. The first-order chi connectivity index (χ1) is 17.3. The van der Waals surface area contributed by atoms with Crippen LogP contribution in [-0.2, 0) is 17.9 Å². The Labute approximate surface area is 207 Å². The van der Waals surface area contributed by atoms with E-state index in [0.29, 0.717) is 12.0 Å². The van der Waals surface area contributed by atoms with Gasteiger partial charge in [-0.05, 0) is 31.0 Å². The maximum atomic E-state index is 13.9. The second kappa shape index (κ2) is 10.0. The molecule has 0 bridgehead atoms. The highest BCUT2D eigenvalue weighted by Crippen LogP contribution is 2.27. The van der Waals surface area contributed by atoms with Crippen LogP contribution in [0.4, 0.5) is 11.5 Å². The predicted molar refractivity (Wildman–Crippen MR) is 135 cm³/mol. The molecule has 10 heteroatoms. The molecule has 1 unspecified atom stereocenters. The van der Waals surface area contributed by atoms with Gasteiger partial charge < -0.3 is 5.73 Å². The summed E-state index contributed by atoms with van der Waals surface area (Å²) in [5.74, 6) is -2.03. The van der Waals surface area contributed by atoms with Gasteiger partial charge in [-0.15, -0.1) is 0 Å². The summed E-state index contributed by atoms with van der Waals surface area (Å²) in [6.45, 7) is 3.57. The van der Waals surface area contributed by atoms with Gasteiger partial charge in [0.05, 0.1) is 17.7 Å². The minimum Gasteiger partial charge on any atom is -0.383 e. The van der Waals surface area contributed by atoms with E-state index in [1.54, 1.807) is 36.4 Å². The molecule has 0 radical (unpaired) electrons. The van der Waals surface area contributed by atoms with Crippen LogP contribution < -0.4 is 21.9 Å². The molecule has 4 rings (SSSR count). The van der Waals surface area contributed by atoms with Crippen LogP contribution in [0, 0.1) is 0 Å². The Balaban J connectivity index is 1.79. The number of H-pyrrole nitrogens is 1. The molecule has 1 aliphatic rings. The van der Waals surface area contributed by atoms with E-state index in [9.17, 15) is 24.0 Å². The number of aromatic nitrogens is 2. The summed E-state index contributed by atoms with van der Waals surface area (Å²) in [5, 5.41) is 0.